The largest absolute Gasteiger partial charge is 0.479 e. The summed E-state index contributed by atoms with van der Waals surface area (Å²) in [6.45, 7) is 7.01. The summed E-state index contributed by atoms with van der Waals surface area (Å²) in [4.78, 5) is 62.4. The molecule has 5 unspecified atom stereocenters. The van der Waals surface area contributed by atoms with Gasteiger partial charge in [-0.05, 0) is 71.9 Å². The van der Waals surface area contributed by atoms with Gasteiger partial charge in [0.2, 0.25) is 21.8 Å². The number of carbonyl (C=O) groups excluding carboxylic acids is 4. The number of hydrogen-bond acceptors (Lipinski definition) is 9. The maximum absolute atomic E-state index is 14.7. The molecule has 2 fully saturated rings. The molecule has 1 aromatic carbocycles. The Labute approximate surface area is 309 Å². The SMILES string of the molecule is Cc1nc2ccccc2c2c1OC1(C=C2)CC2C(=O)NC3(C(=O)NS(=O)(=O)C4CC4)C=CC3C=CCCCCCC(NC(=O)OC(C)(C)C)C(=O)N2C1. The Morgan fingerprint density at radius 1 is 1.06 bits per heavy atom. The number of sulfonamides is 1. The van der Waals surface area contributed by atoms with Gasteiger partial charge in [-0.25, -0.2) is 18.2 Å². The van der Waals surface area contributed by atoms with Crippen LogP contribution in [-0.2, 0) is 29.1 Å². The third-order valence-corrected chi connectivity index (χ3v) is 12.4. The molecule has 2 aromatic rings. The van der Waals surface area contributed by atoms with Gasteiger partial charge in [0.15, 0.2) is 0 Å². The first-order valence-corrected chi connectivity index (χ1v) is 20.0. The van der Waals surface area contributed by atoms with Crippen molar-refractivity contribution < 1.29 is 37.1 Å². The van der Waals surface area contributed by atoms with Crippen LogP contribution >= 0.6 is 0 Å². The first-order valence-electron chi connectivity index (χ1n) is 18.4. The van der Waals surface area contributed by atoms with E-state index in [4.69, 9.17) is 14.5 Å². The summed E-state index contributed by atoms with van der Waals surface area (Å²) in [5, 5.41) is 5.90. The summed E-state index contributed by atoms with van der Waals surface area (Å²) in [6, 6.07) is 5.55. The van der Waals surface area contributed by atoms with Crippen molar-refractivity contribution in [3.63, 3.8) is 0 Å². The fourth-order valence-electron chi connectivity index (χ4n) is 7.60. The minimum Gasteiger partial charge on any atom is -0.479 e. The minimum absolute atomic E-state index is 0.0221. The molecule has 5 aliphatic rings. The topological polar surface area (TPSA) is 173 Å². The average Bonchev–Trinajstić information content (AvgIpc) is 3.89. The number of nitrogens with one attached hydrogen (secondary N) is 3. The number of ether oxygens (including phenoxy) is 2. The molecule has 1 aromatic heterocycles. The molecule has 5 atom stereocenters. The summed E-state index contributed by atoms with van der Waals surface area (Å²) < 4.78 is 40.4. The number of allylic oxidation sites excluding steroid dienone is 1. The Morgan fingerprint density at radius 2 is 1.83 bits per heavy atom. The molecule has 0 bridgehead atoms. The van der Waals surface area contributed by atoms with Crippen molar-refractivity contribution in [2.45, 2.75) is 113 Å². The number of aryl methyl sites for hydroxylation is 1. The third kappa shape index (κ3) is 7.29. The summed E-state index contributed by atoms with van der Waals surface area (Å²) in [5.74, 6) is -2.08. The van der Waals surface area contributed by atoms with E-state index in [1.54, 1.807) is 26.8 Å². The van der Waals surface area contributed by atoms with E-state index in [-0.39, 0.29) is 13.0 Å². The molecule has 4 heterocycles. The minimum atomic E-state index is -3.94. The van der Waals surface area contributed by atoms with E-state index in [2.05, 4.69) is 15.4 Å². The molecule has 282 valence electrons. The molecule has 0 radical (unpaired) electrons. The van der Waals surface area contributed by atoms with Crippen LogP contribution in [0.4, 0.5) is 4.79 Å². The van der Waals surface area contributed by atoms with Crippen LogP contribution in [0.5, 0.6) is 5.75 Å². The number of amides is 4. The predicted octanol–water partition coefficient (Wildman–Crippen LogP) is 4.35. The Hall–Kier alpha value is -4.72. The van der Waals surface area contributed by atoms with E-state index >= 15 is 0 Å². The number of pyridine rings is 1. The van der Waals surface area contributed by atoms with Gasteiger partial charge in [0.25, 0.3) is 5.91 Å². The van der Waals surface area contributed by atoms with Crippen molar-refractivity contribution in [1.29, 1.82) is 0 Å². The van der Waals surface area contributed by atoms with Crippen LogP contribution in [0.2, 0.25) is 0 Å². The summed E-state index contributed by atoms with van der Waals surface area (Å²) >= 11 is 0. The van der Waals surface area contributed by atoms with Gasteiger partial charge < -0.3 is 25.0 Å². The zero-order valence-electron chi connectivity index (χ0n) is 30.5. The third-order valence-electron chi connectivity index (χ3n) is 10.5. The molecule has 1 spiro atoms. The Morgan fingerprint density at radius 3 is 2.55 bits per heavy atom. The molecule has 13 nitrogen and oxygen atoms in total. The number of fused-ring (bicyclic) bond motifs is 5. The summed E-state index contributed by atoms with van der Waals surface area (Å²) in [5.41, 5.74) is -1.37. The van der Waals surface area contributed by atoms with Crippen LogP contribution < -0.4 is 20.1 Å². The molecular weight excluding hydrogens is 699 g/mol. The van der Waals surface area contributed by atoms with Gasteiger partial charge in [0, 0.05) is 23.3 Å². The quantitative estimate of drug-likeness (QED) is 0.385. The van der Waals surface area contributed by atoms with E-state index in [1.165, 1.54) is 11.0 Å². The van der Waals surface area contributed by atoms with Gasteiger partial charge in [-0.15, -0.1) is 0 Å². The molecule has 3 N–H and O–H groups in total. The van der Waals surface area contributed by atoms with Gasteiger partial charge >= 0.3 is 6.09 Å². The van der Waals surface area contributed by atoms with Crippen molar-refractivity contribution in [2.24, 2.45) is 5.92 Å². The fraction of sp³-hybridized carbons (Fsp3) is 0.513. The lowest BCUT2D eigenvalue weighted by Gasteiger charge is -2.42. The number of para-hydroxylation sites is 1. The Bertz CT molecular complexity index is 2050. The fourth-order valence-corrected chi connectivity index (χ4v) is 8.95. The van der Waals surface area contributed by atoms with Gasteiger partial charge in [-0.1, -0.05) is 61.4 Å². The van der Waals surface area contributed by atoms with E-state index in [0.717, 1.165) is 29.3 Å². The van der Waals surface area contributed by atoms with Gasteiger partial charge in [-0.3, -0.25) is 19.1 Å². The van der Waals surface area contributed by atoms with Crippen LogP contribution in [0, 0.1) is 12.8 Å². The number of aromatic nitrogens is 1. The van der Waals surface area contributed by atoms with E-state index in [9.17, 15) is 27.6 Å². The van der Waals surface area contributed by atoms with E-state index in [0.29, 0.717) is 43.5 Å². The highest BCUT2D eigenvalue weighted by atomic mass is 32.2. The van der Waals surface area contributed by atoms with Crippen LogP contribution in [0.1, 0.15) is 83.4 Å². The first-order chi connectivity index (χ1) is 25.1. The average molecular weight is 746 g/mol. The van der Waals surface area contributed by atoms with Crippen LogP contribution in [0.25, 0.3) is 17.0 Å². The second kappa shape index (κ2) is 13.6. The number of carbonyl (C=O) groups is 4. The van der Waals surface area contributed by atoms with Crippen molar-refractivity contribution in [3.8, 4) is 5.75 Å². The molecule has 1 saturated carbocycles. The Balaban J connectivity index is 1.26. The van der Waals surface area contributed by atoms with Crippen molar-refractivity contribution >= 4 is 50.8 Å². The molecule has 2 aliphatic carbocycles. The number of alkyl carbamates (subject to hydrolysis) is 1. The molecule has 3 aliphatic heterocycles. The molecule has 53 heavy (non-hydrogen) atoms. The number of benzene rings is 1. The van der Waals surface area contributed by atoms with Crippen molar-refractivity contribution in [3.05, 3.63) is 65.9 Å². The number of hydrogen-bond donors (Lipinski definition) is 3. The molecule has 7 rings (SSSR count). The normalized spacial score (nSPS) is 28.8. The smallest absolute Gasteiger partial charge is 0.408 e. The lowest BCUT2D eigenvalue weighted by Crippen LogP contribution is -2.67. The van der Waals surface area contributed by atoms with E-state index in [1.807, 2.05) is 55.5 Å². The first kappa shape index (κ1) is 36.6. The van der Waals surface area contributed by atoms with Crippen molar-refractivity contribution in [1.82, 2.24) is 25.2 Å². The standard InChI is InChI=1S/C39H47N5O8S/c1-24-32-28(27-13-10-11-14-29(27)40-24)19-20-38(51-32)22-31-33(45)42-39(35(47)43-53(49,50)26-16-17-26)21-18-25(39)12-8-6-5-7-9-15-30(34(46)44(31)23-38)41-36(48)52-37(2,3)4/h8,10-14,18-21,25-26,30-31H,5-7,9,15-17,22-23H2,1-4H3,(H,41,48)(H,42,45)(H,43,47). The monoisotopic (exact) mass is 745 g/mol. The maximum atomic E-state index is 14.7. The second-order valence-corrected chi connectivity index (χ2v) is 17.8. The highest BCUT2D eigenvalue weighted by molar-refractivity contribution is 7.91. The lowest BCUT2D eigenvalue weighted by molar-refractivity contribution is -0.142. The molecular formula is C39H47N5O8S. The maximum Gasteiger partial charge on any atom is 0.408 e. The summed E-state index contributed by atoms with van der Waals surface area (Å²) in [6.07, 6.45) is 14.1. The van der Waals surface area contributed by atoms with E-state index < -0.39 is 73.8 Å². The van der Waals surface area contributed by atoms with Crippen LogP contribution in [0.15, 0.2) is 54.6 Å². The van der Waals surface area contributed by atoms with Gasteiger partial charge in [0.1, 0.15) is 34.6 Å². The second-order valence-electron chi connectivity index (χ2n) is 15.8. The highest BCUT2D eigenvalue weighted by Crippen LogP contribution is 2.43. The zero-order valence-corrected chi connectivity index (χ0v) is 31.3. The number of rotatable bonds is 4. The van der Waals surface area contributed by atoms with Crippen molar-refractivity contribution in [2.75, 3.05) is 6.54 Å². The molecule has 1 saturated heterocycles. The number of nitrogens with zero attached hydrogens (tertiary/aromatic N) is 2. The molecule has 4 amide bonds. The highest BCUT2D eigenvalue weighted by Gasteiger charge is 2.56. The Kier molecular flexibility index (Phi) is 9.40. The van der Waals surface area contributed by atoms with Gasteiger partial charge in [0.05, 0.1) is 23.0 Å². The lowest BCUT2D eigenvalue weighted by atomic mass is 9.73. The molecule has 14 heteroatoms. The van der Waals surface area contributed by atoms with Gasteiger partial charge in [-0.2, -0.15) is 0 Å². The summed E-state index contributed by atoms with van der Waals surface area (Å²) in [7, 11) is -3.94. The van der Waals surface area contributed by atoms with Crippen LogP contribution in [-0.4, -0.2) is 82.7 Å². The zero-order chi connectivity index (χ0) is 37.8. The predicted molar refractivity (Wildman–Crippen MR) is 198 cm³/mol. The van der Waals surface area contributed by atoms with Crippen LogP contribution in [0.3, 0.4) is 0 Å².